The van der Waals surface area contributed by atoms with Crippen molar-refractivity contribution >= 4 is 16.9 Å². The van der Waals surface area contributed by atoms with Gasteiger partial charge in [-0.15, -0.1) is 0 Å². The van der Waals surface area contributed by atoms with Crippen LogP contribution in [0.15, 0.2) is 67.0 Å². The number of hydrogen-bond acceptors (Lipinski definition) is 3. The number of nitrogens with one attached hydrogen (secondary N) is 1. The van der Waals surface area contributed by atoms with E-state index in [0.29, 0.717) is 0 Å². The first-order chi connectivity index (χ1) is 13.8. The zero-order valence-electron chi connectivity index (χ0n) is 15.5. The molecule has 140 valence electrons. The second kappa shape index (κ2) is 6.96. The lowest BCUT2D eigenvalue weighted by atomic mass is 10.2. The van der Waals surface area contributed by atoms with E-state index in [1.807, 2.05) is 70.3 Å². The van der Waals surface area contributed by atoms with Crippen molar-refractivity contribution in [1.29, 1.82) is 0 Å². The number of benzene rings is 2. The second-order valence-electron chi connectivity index (χ2n) is 7.13. The Kier molecular flexibility index (Phi) is 4.16. The highest BCUT2D eigenvalue weighted by Crippen LogP contribution is 2.32. The minimum absolute atomic E-state index is 0.00333. The van der Waals surface area contributed by atoms with Crippen molar-refractivity contribution in [2.75, 3.05) is 6.54 Å². The van der Waals surface area contributed by atoms with E-state index < -0.39 is 0 Å². The van der Waals surface area contributed by atoms with E-state index in [9.17, 15) is 4.79 Å². The van der Waals surface area contributed by atoms with E-state index in [1.54, 1.807) is 6.20 Å². The molecule has 0 bridgehead atoms. The lowest BCUT2D eigenvalue weighted by Gasteiger charge is -2.23. The molecule has 0 saturated carbocycles. The van der Waals surface area contributed by atoms with Crippen LogP contribution < -0.4 is 0 Å². The molecule has 4 aromatic rings. The van der Waals surface area contributed by atoms with Crippen LogP contribution in [-0.4, -0.2) is 36.9 Å². The van der Waals surface area contributed by atoms with E-state index in [0.717, 1.165) is 47.6 Å². The molecule has 1 atom stereocenters. The Morgan fingerprint density at radius 2 is 1.93 bits per heavy atom. The maximum Gasteiger partial charge on any atom is 0.243 e. The van der Waals surface area contributed by atoms with Gasteiger partial charge in [0.25, 0.3) is 0 Å². The standard InChI is InChI=1S/C22H21N5O/c28-20(15-26-14-12-23-22(26)16-7-2-1-3-8-16)27-13-6-11-19(27)21-24-17-9-4-5-10-18(17)25-21/h1-5,7-10,12,14,19H,6,11,13,15H2,(H,24,25)/t19-/m0/s1. The van der Waals surface area contributed by atoms with Crippen LogP contribution in [0.5, 0.6) is 0 Å². The van der Waals surface area contributed by atoms with Crippen molar-refractivity contribution in [2.24, 2.45) is 0 Å². The monoisotopic (exact) mass is 371 g/mol. The van der Waals surface area contributed by atoms with Crippen molar-refractivity contribution in [3.05, 3.63) is 72.8 Å². The smallest absolute Gasteiger partial charge is 0.243 e. The number of likely N-dealkylation sites (tertiary alicyclic amines) is 1. The Balaban J connectivity index is 1.39. The van der Waals surface area contributed by atoms with Crippen LogP contribution >= 0.6 is 0 Å². The molecule has 0 spiro atoms. The Labute approximate surface area is 162 Å². The number of aromatic amines is 1. The van der Waals surface area contributed by atoms with Crippen molar-refractivity contribution in [1.82, 2.24) is 24.4 Å². The molecule has 6 heteroatoms. The molecular weight excluding hydrogens is 350 g/mol. The van der Waals surface area contributed by atoms with Gasteiger partial charge in [-0.2, -0.15) is 0 Å². The topological polar surface area (TPSA) is 66.8 Å². The lowest BCUT2D eigenvalue weighted by molar-refractivity contribution is -0.132. The maximum absolute atomic E-state index is 13.1. The minimum atomic E-state index is 0.00333. The van der Waals surface area contributed by atoms with Gasteiger partial charge in [0.15, 0.2) is 0 Å². The SMILES string of the molecule is O=C(Cn1ccnc1-c1ccccc1)N1CCC[C@H]1c1nc2ccccc2[nH]1. The molecule has 0 unspecified atom stereocenters. The second-order valence-corrected chi connectivity index (χ2v) is 7.13. The number of nitrogens with zero attached hydrogens (tertiary/aromatic N) is 4. The number of aromatic nitrogens is 4. The van der Waals surface area contributed by atoms with Gasteiger partial charge in [-0.05, 0) is 25.0 Å². The average molecular weight is 371 g/mol. The molecule has 5 rings (SSSR count). The molecule has 28 heavy (non-hydrogen) atoms. The highest BCUT2D eigenvalue weighted by Gasteiger charge is 2.32. The van der Waals surface area contributed by atoms with Crippen LogP contribution in [0.3, 0.4) is 0 Å². The number of amides is 1. The molecule has 1 saturated heterocycles. The summed E-state index contributed by atoms with van der Waals surface area (Å²) < 4.78 is 1.92. The van der Waals surface area contributed by atoms with E-state index >= 15 is 0 Å². The number of carbonyl (C=O) groups is 1. The van der Waals surface area contributed by atoms with Gasteiger partial charge in [-0.3, -0.25) is 4.79 Å². The minimum Gasteiger partial charge on any atom is -0.340 e. The first-order valence-corrected chi connectivity index (χ1v) is 9.60. The third-order valence-corrected chi connectivity index (χ3v) is 5.35. The van der Waals surface area contributed by atoms with Crippen LogP contribution in [0.4, 0.5) is 0 Å². The van der Waals surface area contributed by atoms with Gasteiger partial charge in [0.2, 0.25) is 5.91 Å². The van der Waals surface area contributed by atoms with Gasteiger partial charge in [0.1, 0.15) is 18.2 Å². The maximum atomic E-state index is 13.1. The molecule has 1 aliphatic heterocycles. The largest absolute Gasteiger partial charge is 0.340 e. The highest BCUT2D eigenvalue weighted by atomic mass is 16.2. The number of imidazole rings is 2. The normalized spacial score (nSPS) is 16.7. The quantitative estimate of drug-likeness (QED) is 0.593. The number of para-hydroxylation sites is 2. The van der Waals surface area contributed by atoms with Crippen LogP contribution in [-0.2, 0) is 11.3 Å². The summed E-state index contributed by atoms with van der Waals surface area (Å²) in [6.07, 6.45) is 5.53. The third kappa shape index (κ3) is 2.97. The predicted molar refractivity (Wildman–Crippen MR) is 107 cm³/mol. The Morgan fingerprint density at radius 1 is 1.11 bits per heavy atom. The van der Waals surface area contributed by atoms with Crippen LogP contribution in [0, 0.1) is 0 Å². The summed E-state index contributed by atoms with van der Waals surface area (Å²) in [6.45, 7) is 1.04. The predicted octanol–water partition coefficient (Wildman–Crippen LogP) is 3.79. The first-order valence-electron chi connectivity index (χ1n) is 9.60. The van der Waals surface area contributed by atoms with Gasteiger partial charge in [-0.25, -0.2) is 9.97 Å². The molecule has 0 aliphatic carbocycles. The Morgan fingerprint density at radius 3 is 2.79 bits per heavy atom. The zero-order chi connectivity index (χ0) is 18.9. The molecule has 1 fully saturated rings. The van der Waals surface area contributed by atoms with Crippen LogP contribution in [0.25, 0.3) is 22.4 Å². The molecule has 1 aliphatic rings. The number of rotatable bonds is 4. The van der Waals surface area contributed by atoms with E-state index in [1.165, 1.54) is 0 Å². The summed E-state index contributed by atoms with van der Waals surface area (Å²) >= 11 is 0. The van der Waals surface area contributed by atoms with Crippen molar-refractivity contribution in [2.45, 2.75) is 25.4 Å². The molecule has 1 N–H and O–H groups in total. The number of carbonyl (C=O) groups excluding carboxylic acids is 1. The molecular formula is C22H21N5O. The van der Waals surface area contributed by atoms with Crippen molar-refractivity contribution in [3.63, 3.8) is 0 Å². The summed E-state index contributed by atoms with van der Waals surface area (Å²) in [6, 6.07) is 17.9. The fourth-order valence-electron chi connectivity index (χ4n) is 4.00. The highest BCUT2D eigenvalue weighted by molar-refractivity contribution is 5.78. The lowest BCUT2D eigenvalue weighted by Crippen LogP contribution is -2.33. The van der Waals surface area contributed by atoms with Crippen LogP contribution in [0.1, 0.15) is 24.7 Å². The van der Waals surface area contributed by atoms with Gasteiger partial charge < -0.3 is 14.5 Å². The van der Waals surface area contributed by atoms with E-state index in [2.05, 4.69) is 9.97 Å². The molecule has 2 aromatic carbocycles. The number of hydrogen-bond donors (Lipinski definition) is 1. The van der Waals surface area contributed by atoms with Gasteiger partial charge in [0, 0.05) is 24.5 Å². The summed E-state index contributed by atoms with van der Waals surface area (Å²) in [5, 5.41) is 0. The zero-order valence-corrected chi connectivity index (χ0v) is 15.5. The third-order valence-electron chi connectivity index (χ3n) is 5.35. The molecule has 2 aromatic heterocycles. The van der Waals surface area contributed by atoms with Crippen molar-refractivity contribution in [3.8, 4) is 11.4 Å². The fourth-order valence-corrected chi connectivity index (χ4v) is 4.00. The Hall–Kier alpha value is -3.41. The van der Waals surface area contributed by atoms with E-state index in [-0.39, 0.29) is 18.5 Å². The van der Waals surface area contributed by atoms with Gasteiger partial charge in [-0.1, -0.05) is 42.5 Å². The average Bonchev–Trinajstić information content (AvgIpc) is 3.46. The molecule has 3 heterocycles. The number of fused-ring (bicyclic) bond motifs is 1. The summed E-state index contributed by atoms with van der Waals surface area (Å²) in [5.74, 6) is 1.78. The van der Waals surface area contributed by atoms with Crippen molar-refractivity contribution < 1.29 is 4.79 Å². The Bertz CT molecular complexity index is 1080. The van der Waals surface area contributed by atoms with Gasteiger partial charge >= 0.3 is 0 Å². The van der Waals surface area contributed by atoms with Crippen LogP contribution in [0.2, 0.25) is 0 Å². The van der Waals surface area contributed by atoms with E-state index in [4.69, 9.17) is 4.98 Å². The summed E-state index contributed by atoms with van der Waals surface area (Å²) in [7, 11) is 0. The molecule has 6 nitrogen and oxygen atoms in total. The molecule has 1 amide bonds. The molecule has 0 radical (unpaired) electrons. The first kappa shape index (κ1) is 16.7. The number of H-pyrrole nitrogens is 1. The summed E-state index contributed by atoms with van der Waals surface area (Å²) in [5.41, 5.74) is 2.96. The summed E-state index contributed by atoms with van der Waals surface area (Å²) in [4.78, 5) is 27.6. The van der Waals surface area contributed by atoms with Gasteiger partial charge in [0.05, 0.1) is 17.1 Å². The fraction of sp³-hybridized carbons (Fsp3) is 0.227.